The maximum absolute atomic E-state index is 6.35. The fraction of sp³-hybridized carbons (Fsp3) is 0.261. The lowest BCUT2D eigenvalue weighted by atomic mass is 10.2. The van der Waals surface area contributed by atoms with Gasteiger partial charge < -0.3 is 9.64 Å². The smallest absolute Gasteiger partial charge is 0.263 e. The molecule has 1 saturated heterocycles. The number of rotatable bonds is 3. The molecule has 28 heavy (non-hydrogen) atoms. The van der Waals surface area contributed by atoms with E-state index >= 15 is 0 Å². The predicted octanol–water partition coefficient (Wildman–Crippen LogP) is 5.35. The Hall–Kier alpha value is -3.21. The maximum atomic E-state index is 6.35. The van der Waals surface area contributed by atoms with E-state index < -0.39 is 0 Å². The van der Waals surface area contributed by atoms with E-state index in [1.165, 1.54) is 25.7 Å². The summed E-state index contributed by atoms with van der Waals surface area (Å²) in [4.78, 5) is 16.6. The molecule has 0 amide bonds. The van der Waals surface area contributed by atoms with E-state index in [1.807, 2.05) is 54.6 Å². The first-order valence-corrected chi connectivity index (χ1v) is 9.92. The van der Waals surface area contributed by atoms with Crippen LogP contribution in [0.2, 0.25) is 0 Å². The molecular weight excluding hydrogens is 348 g/mol. The van der Waals surface area contributed by atoms with Crippen molar-refractivity contribution in [1.82, 2.24) is 15.0 Å². The van der Waals surface area contributed by atoms with Gasteiger partial charge in [0.15, 0.2) is 11.6 Å². The average molecular weight is 370 g/mol. The van der Waals surface area contributed by atoms with Crippen LogP contribution in [0.5, 0.6) is 11.6 Å². The Balaban J connectivity index is 1.63. The van der Waals surface area contributed by atoms with Crippen LogP contribution < -0.4 is 9.64 Å². The monoisotopic (exact) mass is 370 g/mol. The molecule has 5 nitrogen and oxygen atoms in total. The van der Waals surface area contributed by atoms with Crippen LogP contribution >= 0.6 is 0 Å². The van der Waals surface area contributed by atoms with Gasteiger partial charge in [0.05, 0.1) is 11.0 Å². The molecule has 0 N–H and O–H groups in total. The van der Waals surface area contributed by atoms with Gasteiger partial charge in [0, 0.05) is 24.7 Å². The van der Waals surface area contributed by atoms with Gasteiger partial charge in [-0.15, -0.1) is 0 Å². The lowest BCUT2D eigenvalue weighted by molar-refractivity contribution is 0.465. The summed E-state index contributed by atoms with van der Waals surface area (Å²) in [6, 6.07) is 17.9. The Kier molecular flexibility index (Phi) is 4.49. The number of pyridine rings is 1. The molecule has 0 saturated carbocycles. The first-order valence-electron chi connectivity index (χ1n) is 9.92. The highest BCUT2D eigenvalue weighted by molar-refractivity contribution is 5.85. The van der Waals surface area contributed by atoms with Crippen LogP contribution in [0.15, 0.2) is 60.8 Å². The number of nitrogens with zero attached hydrogens (tertiary/aromatic N) is 4. The van der Waals surface area contributed by atoms with Crippen molar-refractivity contribution < 1.29 is 4.74 Å². The summed E-state index contributed by atoms with van der Waals surface area (Å²) in [6.07, 6.45) is 6.66. The molecule has 1 fully saturated rings. The average Bonchev–Trinajstić information content (AvgIpc) is 3.03. The molecule has 0 radical (unpaired) electrons. The Morgan fingerprint density at radius 1 is 0.750 bits per heavy atom. The second-order valence-electron chi connectivity index (χ2n) is 7.18. The molecule has 2 aromatic heterocycles. The molecule has 0 spiro atoms. The molecule has 0 unspecified atom stereocenters. The van der Waals surface area contributed by atoms with E-state index in [2.05, 4.69) is 9.88 Å². The Bertz CT molecular complexity index is 1110. The molecule has 5 rings (SSSR count). The molecular formula is C23H22N4O. The summed E-state index contributed by atoms with van der Waals surface area (Å²) in [5.74, 6) is 2.09. The van der Waals surface area contributed by atoms with Gasteiger partial charge in [-0.3, -0.25) is 4.98 Å². The molecule has 5 heteroatoms. The van der Waals surface area contributed by atoms with Crippen molar-refractivity contribution in [2.75, 3.05) is 18.0 Å². The highest BCUT2D eigenvalue weighted by Gasteiger charge is 2.20. The second kappa shape index (κ2) is 7.43. The van der Waals surface area contributed by atoms with Crippen molar-refractivity contribution in [2.24, 2.45) is 0 Å². The SMILES string of the molecule is c1cnc2c(Oc3nc4ccccc4nc3N3CCCCCC3)cccc2c1. The van der Waals surface area contributed by atoms with Crippen molar-refractivity contribution in [2.45, 2.75) is 25.7 Å². The van der Waals surface area contributed by atoms with Gasteiger partial charge in [-0.1, -0.05) is 43.2 Å². The molecule has 3 heterocycles. The third-order valence-corrected chi connectivity index (χ3v) is 5.23. The number of hydrogen-bond acceptors (Lipinski definition) is 5. The third-order valence-electron chi connectivity index (χ3n) is 5.23. The van der Waals surface area contributed by atoms with Crippen LogP contribution in [-0.2, 0) is 0 Å². The highest BCUT2D eigenvalue weighted by Crippen LogP contribution is 2.34. The van der Waals surface area contributed by atoms with E-state index in [9.17, 15) is 0 Å². The zero-order valence-corrected chi connectivity index (χ0v) is 15.7. The topological polar surface area (TPSA) is 51.1 Å². The molecule has 140 valence electrons. The number of anilines is 1. The molecule has 0 bridgehead atoms. The van der Waals surface area contributed by atoms with E-state index in [0.717, 1.165) is 40.8 Å². The lowest BCUT2D eigenvalue weighted by Gasteiger charge is -2.23. The Morgan fingerprint density at radius 2 is 1.50 bits per heavy atom. The molecule has 4 aromatic rings. The van der Waals surface area contributed by atoms with Crippen molar-refractivity contribution in [3.63, 3.8) is 0 Å². The fourth-order valence-corrected chi connectivity index (χ4v) is 3.79. The van der Waals surface area contributed by atoms with Gasteiger partial charge in [0.2, 0.25) is 0 Å². The molecule has 1 aliphatic heterocycles. The van der Waals surface area contributed by atoms with Gasteiger partial charge in [0.1, 0.15) is 5.52 Å². The zero-order chi connectivity index (χ0) is 18.8. The second-order valence-corrected chi connectivity index (χ2v) is 7.18. The van der Waals surface area contributed by atoms with Gasteiger partial charge in [0.25, 0.3) is 5.88 Å². The predicted molar refractivity (Wildman–Crippen MR) is 112 cm³/mol. The number of fused-ring (bicyclic) bond motifs is 2. The van der Waals surface area contributed by atoms with Crippen LogP contribution in [-0.4, -0.2) is 28.0 Å². The standard InChI is InChI=1S/C23H22N4O/c1-2-6-16-27(15-5-1)22-23(26-19-12-4-3-11-18(19)25-22)28-20-13-7-9-17-10-8-14-24-21(17)20/h3-4,7-14H,1-2,5-6,15-16H2. The number of aromatic nitrogens is 3. The third kappa shape index (κ3) is 3.24. The zero-order valence-electron chi connectivity index (χ0n) is 15.7. The lowest BCUT2D eigenvalue weighted by Crippen LogP contribution is -2.25. The summed E-state index contributed by atoms with van der Waals surface area (Å²) in [5, 5.41) is 1.05. The molecule has 0 aliphatic carbocycles. The summed E-state index contributed by atoms with van der Waals surface area (Å²) in [7, 11) is 0. The van der Waals surface area contributed by atoms with Crippen molar-refractivity contribution >= 4 is 27.8 Å². The van der Waals surface area contributed by atoms with Crippen LogP contribution in [0.1, 0.15) is 25.7 Å². The van der Waals surface area contributed by atoms with Crippen LogP contribution in [0.25, 0.3) is 21.9 Å². The minimum absolute atomic E-state index is 0.554. The van der Waals surface area contributed by atoms with Crippen molar-refractivity contribution in [3.8, 4) is 11.6 Å². The van der Waals surface area contributed by atoms with Gasteiger partial charge in [-0.05, 0) is 37.1 Å². The fourth-order valence-electron chi connectivity index (χ4n) is 3.79. The largest absolute Gasteiger partial charge is 0.434 e. The molecule has 2 aromatic carbocycles. The van der Waals surface area contributed by atoms with E-state index in [4.69, 9.17) is 14.7 Å². The highest BCUT2D eigenvalue weighted by atomic mass is 16.5. The number of ether oxygens (including phenoxy) is 1. The number of hydrogen-bond donors (Lipinski definition) is 0. The minimum atomic E-state index is 0.554. The number of benzene rings is 2. The maximum Gasteiger partial charge on any atom is 0.263 e. The molecule has 0 atom stereocenters. The summed E-state index contributed by atoms with van der Waals surface area (Å²) >= 11 is 0. The Morgan fingerprint density at radius 3 is 2.32 bits per heavy atom. The molecule has 1 aliphatic rings. The summed E-state index contributed by atoms with van der Waals surface area (Å²) in [6.45, 7) is 1.97. The van der Waals surface area contributed by atoms with Gasteiger partial charge in [-0.2, -0.15) is 0 Å². The first-order chi connectivity index (χ1) is 13.9. The summed E-state index contributed by atoms with van der Waals surface area (Å²) in [5.41, 5.74) is 2.57. The van der Waals surface area contributed by atoms with E-state index in [0.29, 0.717) is 11.6 Å². The van der Waals surface area contributed by atoms with E-state index in [-0.39, 0.29) is 0 Å². The number of para-hydroxylation sites is 3. The first kappa shape index (κ1) is 16.9. The normalized spacial score (nSPS) is 14.9. The Labute approximate surface area is 164 Å². The minimum Gasteiger partial charge on any atom is -0.434 e. The van der Waals surface area contributed by atoms with Crippen LogP contribution in [0.3, 0.4) is 0 Å². The van der Waals surface area contributed by atoms with E-state index in [1.54, 1.807) is 6.20 Å². The van der Waals surface area contributed by atoms with Crippen LogP contribution in [0.4, 0.5) is 5.82 Å². The van der Waals surface area contributed by atoms with Crippen molar-refractivity contribution in [3.05, 3.63) is 60.8 Å². The van der Waals surface area contributed by atoms with Crippen molar-refractivity contribution in [1.29, 1.82) is 0 Å². The quantitative estimate of drug-likeness (QED) is 0.486. The van der Waals surface area contributed by atoms with Gasteiger partial charge in [-0.25, -0.2) is 9.97 Å². The summed E-state index contributed by atoms with van der Waals surface area (Å²) < 4.78 is 6.35. The van der Waals surface area contributed by atoms with Crippen LogP contribution in [0, 0.1) is 0 Å². The van der Waals surface area contributed by atoms with Gasteiger partial charge >= 0.3 is 0 Å².